The normalized spacial score (nSPS) is 18.9. The molecule has 0 atom stereocenters. The highest BCUT2D eigenvalue weighted by Crippen LogP contribution is 2.36. The molecule has 1 saturated heterocycles. The number of aliphatic hydroxyl groups excluding tert-OH is 1. The van der Waals surface area contributed by atoms with Crippen LogP contribution in [-0.4, -0.2) is 35.1 Å². The summed E-state index contributed by atoms with van der Waals surface area (Å²) >= 11 is 0. The molecule has 1 aromatic rings. The Kier molecular flexibility index (Phi) is 3.59. The number of rotatable bonds is 2. The van der Waals surface area contributed by atoms with Crippen molar-refractivity contribution >= 4 is 15.9 Å². The molecular formula is C14H15NO4S. The second-order valence-electron chi connectivity index (χ2n) is 4.94. The summed E-state index contributed by atoms with van der Waals surface area (Å²) in [5, 5.41) is 8.72. The second-order valence-corrected chi connectivity index (χ2v) is 7.36. The summed E-state index contributed by atoms with van der Waals surface area (Å²) in [5.41, 5.74) is 1.25. The summed E-state index contributed by atoms with van der Waals surface area (Å²) in [6, 6.07) is 6.96. The van der Waals surface area contributed by atoms with E-state index in [2.05, 4.69) is 11.8 Å². The van der Waals surface area contributed by atoms with E-state index >= 15 is 0 Å². The highest BCUT2D eigenvalue weighted by molar-refractivity contribution is 7.94. The van der Waals surface area contributed by atoms with E-state index in [-0.39, 0.29) is 13.2 Å². The third-order valence-electron chi connectivity index (χ3n) is 3.31. The Morgan fingerprint density at radius 2 is 1.95 bits per heavy atom. The van der Waals surface area contributed by atoms with Crippen LogP contribution in [0, 0.1) is 11.8 Å². The van der Waals surface area contributed by atoms with Gasteiger partial charge in [-0.3, -0.25) is 4.79 Å². The molecule has 6 heteroatoms. The average Bonchev–Trinajstić information content (AvgIpc) is 2.42. The van der Waals surface area contributed by atoms with Gasteiger partial charge in [0.05, 0.1) is 6.54 Å². The van der Waals surface area contributed by atoms with Gasteiger partial charge in [0.25, 0.3) is 15.9 Å². The Hall–Kier alpha value is -1.84. The summed E-state index contributed by atoms with van der Waals surface area (Å²) in [5.74, 6) is 4.85. The molecule has 1 amide bonds. The number of nitrogens with zero attached hydrogens (tertiary/aromatic N) is 1. The summed E-state index contributed by atoms with van der Waals surface area (Å²) in [7, 11) is -3.60. The van der Waals surface area contributed by atoms with E-state index < -0.39 is 20.7 Å². The van der Waals surface area contributed by atoms with E-state index in [1.807, 2.05) is 0 Å². The van der Waals surface area contributed by atoms with E-state index in [1.54, 1.807) is 24.3 Å². The first kappa shape index (κ1) is 14.6. The number of benzene rings is 1. The van der Waals surface area contributed by atoms with Crippen molar-refractivity contribution in [1.82, 2.24) is 4.31 Å². The summed E-state index contributed by atoms with van der Waals surface area (Å²) in [6.45, 7) is 2.50. The first-order valence-corrected chi connectivity index (χ1v) is 7.50. The minimum Gasteiger partial charge on any atom is -0.384 e. The van der Waals surface area contributed by atoms with E-state index in [1.165, 1.54) is 13.8 Å². The van der Waals surface area contributed by atoms with E-state index in [0.29, 0.717) is 11.1 Å². The van der Waals surface area contributed by atoms with Gasteiger partial charge in [0.15, 0.2) is 4.75 Å². The van der Waals surface area contributed by atoms with Crippen molar-refractivity contribution in [3.05, 3.63) is 35.4 Å². The lowest BCUT2D eigenvalue weighted by Gasteiger charge is -2.43. The Balaban J connectivity index is 2.31. The highest BCUT2D eigenvalue weighted by Gasteiger charge is 2.59. The van der Waals surface area contributed by atoms with Crippen molar-refractivity contribution < 1.29 is 18.3 Å². The molecule has 1 aromatic carbocycles. The third kappa shape index (κ3) is 2.09. The summed E-state index contributed by atoms with van der Waals surface area (Å²) in [6.07, 6.45) is 0. The number of amides is 1. The molecule has 1 aliphatic heterocycles. The van der Waals surface area contributed by atoms with Crippen molar-refractivity contribution in [3.8, 4) is 11.8 Å². The molecule has 0 unspecified atom stereocenters. The van der Waals surface area contributed by atoms with Gasteiger partial charge in [0.2, 0.25) is 0 Å². The maximum Gasteiger partial charge on any atom is 0.259 e. The lowest BCUT2D eigenvalue weighted by atomic mass is 10.1. The zero-order valence-electron chi connectivity index (χ0n) is 11.3. The maximum atomic E-state index is 12.0. The summed E-state index contributed by atoms with van der Waals surface area (Å²) < 4.78 is 23.6. The third-order valence-corrected chi connectivity index (χ3v) is 5.65. The van der Waals surface area contributed by atoms with Crippen LogP contribution in [0.15, 0.2) is 24.3 Å². The molecule has 0 aliphatic carbocycles. The van der Waals surface area contributed by atoms with Crippen LogP contribution < -0.4 is 0 Å². The predicted octanol–water partition coefficient (Wildman–Crippen LogP) is 0.481. The maximum absolute atomic E-state index is 12.0. The molecule has 1 N–H and O–H groups in total. The van der Waals surface area contributed by atoms with Crippen LogP contribution in [-0.2, 0) is 21.4 Å². The summed E-state index contributed by atoms with van der Waals surface area (Å²) in [4.78, 5) is 11.9. The molecule has 0 spiro atoms. The van der Waals surface area contributed by atoms with Gasteiger partial charge in [-0.15, -0.1) is 0 Å². The van der Waals surface area contributed by atoms with Gasteiger partial charge in [-0.2, -0.15) is 0 Å². The smallest absolute Gasteiger partial charge is 0.259 e. The van der Waals surface area contributed by atoms with Crippen molar-refractivity contribution in [2.45, 2.75) is 25.1 Å². The molecule has 0 aromatic heterocycles. The van der Waals surface area contributed by atoms with Gasteiger partial charge in [0.1, 0.15) is 6.61 Å². The van der Waals surface area contributed by atoms with E-state index in [9.17, 15) is 13.2 Å². The first-order chi connectivity index (χ1) is 9.32. The zero-order chi connectivity index (χ0) is 15.0. The fourth-order valence-corrected chi connectivity index (χ4v) is 3.49. The van der Waals surface area contributed by atoms with Crippen LogP contribution in [0.3, 0.4) is 0 Å². The van der Waals surface area contributed by atoms with Gasteiger partial charge in [-0.1, -0.05) is 30.0 Å². The molecule has 0 radical (unpaired) electrons. The van der Waals surface area contributed by atoms with E-state index in [0.717, 1.165) is 4.31 Å². The minimum absolute atomic E-state index is 0.0269. The number of sulfonamides is 1. The molecule has 2 rings (SSSR count). The van der Waals surface area contributed by atoms with Crippen LogP contribution >= 0.6 is 0 Å². The van der Waals surface area contributed by atoms with Gasteiger partial charge < -0.3 is 5.11 Å². The molecule has 1 aliphatic rings. The monoisotopic (exact) mass is 293 g/mol. The number of hydrogen-bond acceptors (Lipinski definition) is 4. The van der Waals surface area contributed by atoms with Crippen LogP contribution in [0.2, 0.25) is 0 Å². The standard InChI is InChI=1S/C14H15NO4S/c1-14(2)13(17)15(20(14,18)19)10-12-7-4-3-6-11(12)8-5-9-16/h3-4,6-7,16H,9-10H2,1-2H3. The lowest BCUT2D eigenvalue weighted by Crippen LogP contribution is -2.66. The average molecular weight is 293 g/mol. The molecule has 106 valence electrons. The van der Waals surface area contributed by atoms with Crippen molar-refractivity contribution in [3.63, 3.8) is 0 Å². The zero-order valence-corrected chi connectivity index (χ0v) is 12.1. The topological polar surface area (TPSA) is 74.7 Å². The molecular weight excluding hydrogens is 278 g/mol. The SMILES string of the molecule is CC1(C)C(=O)N(Cc2ccccc2C#CCO)S1(=O)=O. The van der Waals surface area contributed by atoms with Crippen molar-refractivity contribution in [1.29, 1.82) is 0 Å². The van der Waals surface area contributed by atoms with Crippen LogP contribution in [0.25, 0.3) is 0 Å². The fraction of sp³-hybridized carbons (Fsp3) is 0.357. The van der Waals surface area contributed by atoms with Crippen molar-refractivity contribution in [2.75, 3.05) is 6.61 Å². The number of hydrogen-bond donors (Lipinski definition) is 1. The van der Waals surface area contributed by atoms with Gasteiger partial charge in [-0.25, -0.2) is 12.7 Å². The largest absolute Gasteiger partial charge is 0.384 e. The molecule has 0 saturated carbocycles. The quantitative estimate of drug-likeness (QED) is 0.805. The molecule has 1 heterocycles. The van der Waals surface area contributed by atoms with E-state index in [4.69, 9.17) is 5.11 Å². The lowest BCUT2D eigenvalue weighted by molar-refractivity contribution is -0.132. The first-order valence-electron chi connectivity index (χ1n) is 6.06. The van der Waals surface area contributed by atoms with Gasteiger partial charge >= 0.3 is 0 Å². The van der Waals surface area contributed by atoms with Crippen LogP contribution in [0.4, 0.5) is 0 Å². The van der Waals surface area contributed by atoms with Crippen LogP contribution in [0.5, 0.6) is 0 Å². The van der Waals surface area contributed by atoms with Gasteiger partial charge in [-0.05, 0) is 25.5 Å². The molecule has 5 nitrogen and oxygen atoms in total. The van der Waals surface area contributed by atoms with Crippen molar-refractivity contribution in [2.24, 2.45) is 0 Å². The molecule has 1 fully saturated rings. The number of aliphatic hydroxyl groups is 1. The number of carbonyl (C=O) groups excluding carboxylic acids is 1. The second kappa shape index (κ2) is 4.93. The minimum atomic E-state index is -3.60. The molecule has 0 bridgehead atoms. The Morgan fingerprint density at radius 3 is 2.55 bits per heavy atom. The highest BCUT2D eigenvalue weighted by atomic mass is 32.2. The van der Waals surface area contributed by atoms with Gasteiger partial charge in [0, 0.05) is 5.56 Å². The fourth-order valence-electron chi connectivity index (χ4n) is 1.98. The Labute approximate surface area is 118 Å². The van der Waals surface area contributed by atoms with Crippen LogP contribution in [0.1, 0.15) is 25.0 Å². The Bertz CT molecular complexity index is 710. The number of carbonyl (C=O) groups is 1. The Morgan fingerprint density at radius 1 is 1.30 bits per heavy atom. The predicted molar refractivity (Wildman–Crippen MR) is 74.0 cm³/mol. The molecule has 20 heavy (non-hydrogen) atoms.